The quantitative estimate of drug-likeness (QED) is 0.837. The zero-order valence-electron chi connectivity index (χ0n) is 12.0. The second kappa shape index (κ2) is 6.80. The Bertz CT molecular complexity index is 480. The van der Waals surface area contributed by atoms with Crippen LogP contribution in [0.15, 0.2) is 24.3 Å². The van der Waals surface area contributed by atoms with E-state index in [4.69, 9.17) is 4.74 Å². The second-order valence-electron chi connectivity index (χ2n) is 4.94. The summed E-state index contributed by atoms with van der Waals surface area (Å²) in [5.41, 5.74) is 0.898. The minimum absolute atomic E-state index is 0.109. The summed E-state index contributed by atoms with van der Waals surface area (Å²) >= 11 is 0. The van der Waals surface area contributed by atoms with Crippen LogP contribution in [0.1, 0.15) is 27.7 Å². The Morgan fingerprint density at radius 1 is 1.16 bits per heavy atom. The third-order valence-corrected chi connectivity index (χ3v) is 4.47. The van der Waals surface area contributed by atoms with Crippen LogP contribution in [-0.2, 0) is 9.84 Å². The number of hydrogen-bond donors (Lipinski definition) is 1. The van der Waals surface area contributed by atoms with Crippen LogP contribution < -0.4 is 10.1 Å². The molecule has 1 aromatic carbocycles. The van der Waals surface area contributed by atoms with Gasteiger partial charge in [0.1, 0.15) is 5.75 Å². The molecule has 4 nitrogen and oxygen atoms in total. The van der Waals surface area contributed by atoms with Gasteiger partial charge in [-0.3, -0.25) is 0 Å². The molecule has 1 rings (SSSR count). The third-order valence-electron chi connectivity index (χ3n) is 2.58. The first kappa shape index (κ1) is 15.8. The van der Waals surface area contributed by atoms with E-state index >= 15 is 0 Å². The molecule has 0 amide bonds. The Morgan fingerprint density at radius 2 is 1.74 bits per heavy atom. The number of anilines is 1. The summed E-state index contributed by atoms with van der Waals surface area (Å²) in [7, 11) is -2.95. The van der Waals surface area contributed by atoms with E-state index in [1.165, 1.54) is 0 Å². The van der Waals surface area contributed by atoms with Crippen LogP contribution in [0.25, 0.3) is 0 Å². The van der Waals surface area contributed by atoms with Crippen molar-refractivity contribution < 1.29 is 13.2 Å². The van der Waals surface area contributed by atoms with Crippen LogP contribution >= 0.6 is 0 Å². The molecule has 0 aromatic heterocycles. The molecule has 0 spiro atoms. The molecule has 0 radical (unpaired) electrons. The van der Waals surface area contributed by atoms with Crippen LogP contribution in [-0.4, -0.2) is 32.1 Å². The summed E-state index contributed by atoms with van der Waals surface area (Å²) in [4.78, 5) is 0. The Morgan fingerprint density at radius 3 is 2.21 bits per heavy atom. The van der Waals surface area contributed by atoms with Gasteiger partial charge in [-0.1, -0.05) is 6.92 Å². The van der Waals surface area contributed by atoms with E-state index in [0.717, 1.165) is 11.4 Å². The Balaban J connectivity index is 2.58. The largest absolute Gasteiger partial charge is 0.491 e. The molecule has 0 heterocycles. The van der Waals surface area contributed by atoms with Crippen LogP contribution in [0.4, 0.5) is 5.69 Å². The predicted octanol–water partition coefficient (Wildman–Crippen LogP) is 2.71. The SMILES string of the molecule is CCS(=O)(=O)CC(C)Nc1ccc(OC(C)C)cc1. The number of ether oxygens (including phenoxy) is 1. The van der Waals surface area contributed by atoms with E-state index in [2.05, 4.69) is 5.32 Å². The summed E-state index contributed by atoms with van der Waals surface area (Å²) < 4.78 is 28.6. The van der Waals surface area contributed by atoms with Gasteiger partial charge >= 0.3 is 0 Å². The van der Waals surface area contributed by atoms with Gasteiger partial charge < -0.3 is 10.1 Å². The minimum Gasteiger partial charge on any atom is -0.491 e. The lowest BCUT2D eigenvalue weighted by Gasteiger charge is -2.16. The molecule has 1 atom stereocenters. The fourth-order valence-electron chi connectivity index (χ4n) is 1.73. The summed E-state index contributed by atoms with van der Waals surface area (Å²) in [6.07, 6.45) is 0.146. The molecule has 19 heavy (non-hydrogen) atoms. The van der Waals surface area contributed by atoms with Gasteiger partial charge in [-0.2, -0.15) is 0 Å². The van der Waals surface area contributed by atoms with Crippen molar-refractivity contribution in [2.75, 3.05) is 16.8 Å². The van der Waals surface area contributed by atoms with E-state index in [1.54, 1.807) is 6.92 Å². The average molecular weight is 285 g/mol. The summed E-state index contributed by atoms with van der Waals surface area (Å²) in [6.45, 7) is 7.49. The molecule has 1 aromatic rings. The Kier molecular flexibility index (Phi) is 5.66. The molecule has 0 aliphatic carbocycles. The minimum atomic E-state index is -2.95. The molecule has 0 saturated heterocycles. The predicted molar refractivity (Wildman–Crippen MR) is 79.6 cm³/mol. The van der Waals surface area contributed by atoms with Crippen LogP contribution in [0.3, 0.4) is 0 Å². The zero-order valence-corrected chi connectivity index (χ0v) is 12.8. The number of nitrogens with one attached hydrogen (secondary N) is 1. The standard InChI is InChI=1S/C14H23NO3S/c1-5-19(16,17)10-12(4)15-13-6-8-14(9-7-13)18-11(2)3/h6-9,11-12,15H,5,10H2,1-4H3. The highest BCUT2D eigenvalue weighted by molar-refractivity contribution is 7.91. The lowest BCUT2D eigenvalue weighted by Crippen LogP contribution is -2.26. The highest BCUT2D eigenvalue weighted by atomic mass is 32.2. The van der Waals surface area contributed by atoms with Crippen molar-refractivity contribution in [2.45, 2.75) is 39.8 Å². The molecule has 5 heteroatoms. The Hall–Kier alpha value is -1.23. The van der Waals surface area contributed by atoms with E-state index in [-0.39, 0.29) is 23.7 Å². The van der Waals surface area contributed by atoms with Crippen molar-refractivity contribution in [3.8, 4) is 5.75 Å². The van der Waals surface area contributed by atoms with Gasteiger partial charge in [0.25, 0.3) is 0 Å². The van der Waals surface area contributed by atoms with Crippen LogP contribution in [0, 0.1) is 0 Å². The van der Waals surface area contributed by atoms with Gasteiger partial charge in [0.2, 0.25) is 0 Å². The maximum atomic E-state index is 11.5. The lowest BCUT2D eigenvalue weighted by atomic mass is 10.2. The van der Waals surface area contributed by atoms with Crippen LogP contribution in [0.5, 0.6) is 5.75 Å². The zero-order chi connectivity index (χ0) is 14.5. The number of rotatable bonds is 7. The topological polar surface area (TPSA) is 55.4 Å². The monoisotopic (exact) mass is 285 g/mol. The highest BCUT2D eigenvalue weighted by Crippen LogP contribution is 2.17. The Labute approximate surface area is 116 Å². The first-order chi connectivity index (χ1) is 8.82. The smallest absolute Gasteiger partial charge is 0.152 e. The molecule has 0 bridgehead atoms. The van der Waals surface area contributed by atoms with Crippen LogP contribution in [0.2, 0.25) is 0 Å². The maximum Gasteiger partial charge on any atom is 0.152 e. The molecule has 108 valence electrons. The lowest BCUT2D eigenvalue weighted by molar-refractivity contribution is 0.242. The van der Waals surface area contributed by atoms with Gasteiger partial charge in [0.15, 0.2) is 9.84 Å². The molecule has 0 aliphatic rings. The first-order valence-corrected chi connectivity index (χ1v) is 8.38. The molecule has 1 N–H and O–H groups in total. The van der Waals surface area contributed by atoms with E-state index in [1.807, 2.05) is 45.0 Å². The molecular formula is C14H23NO3S. The van der Waals surface area contributed by atoms with Crippen molar-refractivity contribution in [1.82, 2.24) is 0 Å². The molecule has 1 unspecified atom stereocenters. The summed E-state index contributed by atoms with van der Waals surface area (Å²) in [5, 5.41) is 3.18. The molecule has 0 saturated carbocycles. The fourth-order valence-corrected chi connectivity index (χ4v) is 2.81. The van der Waals surface area contributed by atoms with Gasteiger partial charge in [0.05, 0.1) is 11.9 Å². The average Bonchev–Trinajstić information content (AvgIpc) is 2.30. The maximum absolute atomic E-state index is 11.5. The molecular weight excluding hydrogens is 262 g/mol. The normalized spacial score (nSPS) is 13.3. The highest BCUT2D eigenvalue weighted by Gasteiger charge is 2.13. The summed E-state index contributed by atoms with van der Waals surface area (Å²) in [6, 6.07) is 7.44. The van der Waals surface area contributed by atoms with Gasteiger partial charge in [-0.25, -0.2) is 8.42 Å². The van der Waals surface area contributed by atoms with Gasteiger partial charge in [-0.15, -0.1) is 0 Å². The van der Waals surface area contributed by atoms with Crippen molar-refractivity contribution in [2.24, 2.45) is 0 Å². The number of benzene rings is 1. The third kappa shape index (κ3) is 5.96. The number of sulfone groups is 1. The molecule has 0 fully saturated rings. The van der Waals surface area contributed by atoms with Gasteiger partial charge in [0, 0.05) is 17.5 Å². The fraction of sp³-hybridized carbons (Fsp3) is 0.571. The number of hydrogen-bond acceptors (Lipinski definition) is 4. The van der Waals surface area contributed by atoms with E-state index in [0.29, 0.717) is 0 Å². The van der Waals surface area contributed by atoms with Gasteiger partial charge in [-0.05, 0) is 45.0 Å². The van der Waals surface area contributed by atoms with E-state index in [9.17, 15) is 8.42 Å². The van der Waals surface area contributed by atoms with E-state index < -0.39 is 9.84 Å². The first-order valence-electron chi connectivity index (χ1n) is 6.56. The van der Waals surface area contributed by atoms with Crippen molar-refractivity contribution in [3.63, 3.8) is 0 Å². The summed E-state index contributed by atoms with van der Waals surface area (Å²) in [5.74, 6) is 1.14. The second-order valence-corrected chi connectivity index (χ2v) is 7.33. The van der Waals surface area contributed by atoms with Crippen molar-refractivity contribution >= 4 is 15.5 Å². The van der Waals surface area contributed by atoms with Crippen molar-refractivity contribution in [3.05, 3.63) is 24.3 Å². The van der Waals surface area contributed by atoms with Crippen molar-refractivity contribution in [1.29, 1.82) is 0 Å². The molecule has 0 aliphatic heterocycles.